The van der Waals surface area contributed by atoms with E-state index in [9.17, 15) is 9.59 Å². The number of anilines is 1. The summed E-state index contributed by atoms with van der Waals surface area (Å²) in [7, 11) is 0. The number of nitrogens with zero attached hydrogens (tertiary/aromatic N) is 6. The summed E-state index contributed by atoms with van der Waals surface area (Å²) in [4.78, 5) is 39.2. The summed E-state index contributed by atoms with van der Waals surface area (Å²) in [5, 5.41) is 11.0. The number of carbonyl (C=O) groups excluding carboxylic acids is 2. The number of benzene rings is 4. The van der Waals surface area contributed by atoms with E-state index >= 15 is 0 Å². The van der Waals surface area contributed by atoms with E-state index in [0.717, 1.165) is 34.7 Å². The molecule has 11 nitrogen and oxygen atoms in total. The van der Waals surface area contributed by atoms with Crippen molar-refractivity contribution in [2.24, 2.45) is 0 Å². The fourth-order valence-electron chi connectivity index (χ4n) is 7.19. The van der Waals surface area contributed by atoms with Crippen molar-refractivity contribution in [2.75, 3.05) is 18.0 Å². The number of aromatic nitrogens is 4. The lowest BCUT2D eigenvalue weighted by molar-refractivity contribution is 0.0467. The van der Waals surface area contributed by atoms with Crippen LogP contribution in [0.1, 0.15) is 30.9 Å². The highest BCUT2D eigenvalue weighted by molar-refractivity contribution is 6.28. The number of halogens is 1. The largest absolute Gasteiger partial charge is 0.514 e. The Labute approximate surface area is 298 Å². The van der Waals surface area contributed by atoms with Crippen LogP contribution in [-0.4, -0.2) is 62.0 Å². The number of fused-ring (bicyclic) bond motifs is 4. The van der Waals surface area contributed by atoms with Gasteiger partial charge in [-0.15, -0.1) is 10.2 Å². The zero-order valence-corrected chi connectivity index (χ0v) is 28.5. The maximum atomic E-state index is 13.4. The van der Waals surface area contributed by atoms with E-state index in [1.165, 1.54) is 0 Å². The number of amides is 1. The van der Waals surface area contributed by atoms with E-state index in [0.29, 0.717) is 46.9 Å². The highest BCUT2D eigenvalue weighted by atomic mass is 35.5. The summed E-state index contributed by atoms with van der Waals surface area (Å²) < 4.78 is 16.7. The third kappa shape index (κ3) is 6.60. The third-order valence-corrected chi connectivity index (χ3v) is 9.70. The molecule has 0 saturated carbocycles. The SMILES string of the molecule is C[C@]12CC[C@H](CN(c3nc(Cl)nc4cc(-c5cc(OC(=O)OCc6ccccc6)cc6ccccc56)nnc34)C1)N2C(=O)OCc1ccccc1. The molecule has 2 fully saturated rings. The number of carbonyl (C=O) groups is 2. The van der Waals surface area contributed by atoms with Gasteiger partial charge in [0.25, 0.3) is 0 Å². The minimum Gasteiger partial charge on any atom is -0.445 e. The topological polar surface area (TPSA) is 120 Å². The molecule has 0 aliphatic carbocycles. The van der Waals surface area contributed by atoms with Crippen molar-refractivity contribution in [1.29, 1.82) is 0 Å². The van der Waals surface area contributed by atoms with Crippen LogP contribution in [0.5, 0.6) is 5.75 Å². The Morgan fingerprint density at radius 2 is 1.57 bits per heavy atom. The zero-order chi connectivity index (χ0) is 35.0. The van der Waals surface area contributed by atoms with Gasteiger partial charge < -0.3 is 19.1 Å². The Balaban J connectivity index is 1.06. The molecule has 2 aromatic heterocycles. The standard InChI is InChI=1S/C39H33ClN6O5/c1-39-17-16-28(46(39)37(47)49-22-25-10-4-2-5-11-25)21-45(24-39)35-34-33(41-36(40)42-35)20-32(43-44-34)31-19-29(18-27-14-8-9-15-30(27)31)51-38(48)50-23-26-12-6-3-7-13-26/h2-15,18-20,28H,16-17,21-24H2,1H3/t28-,39+/m1/s1. The minimum absolute atomic E-state index is 0.0711. The maximum Gasteiger partial charge on any atom is 0.514 e. The van der Waals surface area contributed by atoms with Crippen LogP contribution in [0.15, 0.2) is 103 Å². The van der Waals surface area contributed by atoms with Crippen LogP contribution < -0.4 is 9.64 Å². The highest BCUT2D eigenvalue weighted by Crippen LogP contribution is 2.42. The van der Waals surface area contributed by atoms with Crippen LogP contribution in [0.4, 0.5) is 15.4 Å². The predicted molar refractivity (Wildman–Crippen MR) is 192 cm³/mol. The summed E-state index contributed by atoms with van der Waals surface area (Å²) in [5.74, 6) is 0.858. The average Bonchev–Trinajstić information content (AvgIpc) is 3.36. The fraction of sp³-hybridized carbons (Fsp3) is 0.231. The zero-order valence-electron chi connectivity index (χ0n) is 27.7. The Hall–Kier alpha value is -5.81. The molecule has 2 atom stereocenters. The highest BCUT2D eigenvalue weighted by Gasteiger charge is 2.52. The van der Waals surface area contributed by atoms with E-state index in [4.69, 9.17) is 25.8 Å². The average molecular weight is 701 g/mol. The Kier molecular flexibility index (Phi) is 8.57. The van der Waals surface area contributed by atoms with Crippen molar-refractivity contribution >= 4 is 51.5 Å². The quantitative estimate of drug-likeness (QED) is 0.0921. The lowest BCUT2D eigenvalue weighted by Gasteiger charge is -2.47. The van der Waals surface area contributed by atoms with Crippen LogP contribution >= 0.6 is 11.6 Å². The first-order chi connectivity index (χ1) is 24.8. The summed E-state index contributed by atoms with van der Waals surface area (Å²) in [6.45, 7) is 3.43. The maximum absolute atomic E-state index is 13.4. The molecule has 2 bridgehead atoms. The molecule has 0 radical (unpaired) electrons. The fourth-order valence-corrected chi connectivity index (χ4v) is 7.36. The van der Waals surface area contributed by atoms with Gasteiger partial charge in [0.15, 0.2) is 11.3 Å². The third-order valence-electron chi connectivity index (χ3n) is 9.54. The van der Waals surface area contributed by atoms with Gasteiger partial charge in [-0.05, 0) is 71.5 Å². The van der Waals surface area contributed by atoms with Gasteiger partial charge in [0.05, 0.1) is 17.3 Å². The van der Waals surface area contributed by atoms with E-state index in [2.05, 4.69) is 32.0 Å². The molecule has 2 aliphatic heterocycles. The summed E-state index contributed by atoms with van der Waals surface area (Å²) in [6, 6.07) is 32.0. The van der Waals surface area contributed by atoms with Gasteiger partial charge >= 0.3 is 12.2 Å². The van der Waals surface area contributed by atoms with Crippen LogP contribution in [0.25, 0.3) is 33.1 Å². The van der Waals surface area contributed by atoms with Crippen LogP contribution in [0.3, 0.4) is 0 Å². The second kappa shape index (κ2) is 13.5. The van der Waals surface area contributed by atoms with Crippen LogP contribution in [0.2, 0.25) is 5.28 Å². The van der Waals surface area contributed by atoms with Crippen LogP contribution in [-0.2, 0) is 22.7 Å². The Bertz CT molecular complexity index is 2260. The van der Waals surface area contributed by atoms with Crippen molar-refractivity contribution in [3.8, 4) is 17.0 Å². The molecule has 2 aliphatic rings. The lowest BCUT2D eigenvalue weighted by atomic mass is 9.98. The van der Waals surface area contributed by atoms with Gasteiger partial charge in [0.2, 0.25) is 5.28 Å². The van der Waals surface area contributed by atoms with Crippen LogP contribution in [0, 0.1) is 0 Å². The van der Waals surface area contributed by atoms with Crippen molar-refractivity contribution in [1.82, 2.24) is 25.1 Å². The van der Waals surface area contributed by atoms with E-state index < -0.39 is 11.7 Å². The molecule has 51 heavy (non-hydrogen) atoms. The Morgan fingerprint density at radius 3 is 2.31 bits per heavy atom. The van der Waals surface area contributed by atoms with Gasteiger partial charge in [-0.2, -0.15) is 4.98 Å². The van der Waals surface area contributed by atoms with Gasteiger partial charge in [-0.25, -0.2) is 14.6 Å². The van der Waals surface area contributed by atoms with E-state index in [1.807, 2.05) is 95.9 Å². The molecular weight excluding hydrogens is 668 g/mol. The van der Waals surface area contributed by atoms with E-state index in [-0.39, 0.29) is 30.6 Å². The second-order valence-corrected chi connectivity index (χ2v) is 13.4. The first-order valence-electron chi connectivity index (χ1n) is 16.7. The summed E-state index contributed by atoms with van der Waals surface area (Å²) in [5.41, 5.74) is 3.52. The normalized spacial score (nSPS) is 18.2. The molecule has 4 heterocycles. The van der Waals surface area contributed by atoms with E-state index in [1.54, 1.807) is 12.1 Å². The molecule has 0 N–H and O–H groups in total. The minimum atomic E-state index is -0.818. The molecule has 12 heteroatoms. The first-order valence-corrected chi connectivity index (χ1v) is 17.1. The van der Waals surface area contributed by atoms with Crippen molar-refractivity contribution < 1.29 is 23.8 Å². The molecule has 6 aromatic rings. The lowest BCUT2D eigenvalue weighted by Crippen LogP contribution is -2.62. The van der Waals surface area contributed by atoms with Crippen molar-refractivity contribution in [3.05, 3.63) is 120 Å². The smallest absolute Gasteiger partial charge is 0.445 e. The number of hydrogen-bond donors (Lipinski definition) is 0. The monoisotopic (exact) mass is 700 g/mol. The van der Waals surface area contributed by atoms with Gasteiger partial charge in [0.1, 0.15) is 24.5 Å². The number of hydrogen-bond acceptors (Lipinski definition) is 10. The molecule has 8 rings (SSSR count). The molecule has 2 saturated heterocycles. The van der Waals surface area contributed by atoms with Crippen molar-refractivity contribution in [3.63, 3.8) is 0 Å². The molecule has 256 valence electrons. The number of ether oxygens (including phenoxy) is 3. The summed E-state index contributed by atoms with van der Waals surface area (Å²) in [6.07, 6.45) is 0.528. The molecular formula is C39H33ClN6O5. The molecule has 4 aromatic carbocycles. The molecule has 0 spiro atoms. The number of rotatable bonds is 7. The predicted octanol–water partition coefficient (Wildman–Crippen LogP) is 7.99. The summed E-state index contributed by atoms with van der Waals surface area (Å²) >= 11 is 6.54. The molecule has 0 unspecified atom stereocenters. The van der Waals surface area contributed by atoms with Gasteiger partial charge in [-0.3, -0.25) is 4.90 Å². The Morgan fingerprint density at radius 1 is 0.863 bits per heavy atom. The van der Waals surface area contributed by atoms with Gasteiger partial charge in [0, 0.05) is 18.7 Å². The second-order valence-electron chi connectivity index (χ2n) is 13.1. The number of piperazine rings is 1. The van der Waals surface area contributed by atoms with Gasteiger partial charge in [-0.1, -0.05) is 84.9 Å². The molecule has 1 amide bonds. The van der Waals surface area contributed by atoms with Crippen molar-refractivity contribution in [2.45, 2.75) is 44.6 Å². The first kappa shape index (κ1) is 32.4.